The number of ether oxygens (including phenoxy) is 2. The maximum absolute atomic E-state index is 12.2. The van der Waals surface area contributed by atoms with Crippen LogP contribution in [0.1, 0.15) is 45.6 Å². The first-order valence-corrected chi connectivity index (χ1v) is 14.2. The molecule has 3 aliphatic heterocycles. The fourth-order valence-corrected chi connectivity index (χ4v) is 5.88. The van der Waals surface area contributed by atoms with E-state index in [-0.39, 0.29) is 30.4 Å². The molecule has 0 radical (unpaired) electrons. The summed E-state index contributed by atoms with van der Waals surface area (Å²) in [5.74, 6) is 1.48. The first-order chi connectivity index (χ1) is 19.5. The Kier molecular flexibility index (Phi) is 7.42. The van der Waals surface area contributed by atoms with Gasteiger partial charge in [0.05, 0.1) is 36.4 Å². The maximum Gasteiger partial charge on any atom is 0.409 e. The van der Waals surface area contributed by atoms with Crippen LogP contribution >= 0.6 is 0 Å². The molecule has 3 aromatic rings. The van der Waals surface area contributed by atoms with Crippen LogP contribution in [0.4, 0.5) is 21.1 Å². The summed E-state index contributed by atoms with van der Waals surface area (Å²) in [6, 6.07) is 7.44. The summed E-state index contributed by atoms with van der Waals surface area (Å²) in [5, 5.41) is 11.3. The number of hydrogen-bond donors (Lipinski definition) is 2. The van der Waals surface area contributed by atoms with Crippen molar-refractivity contribution in [1.82, 2.24) is 30.0 Å². The smallest absolute Gasteiger partial charge is 0.409 e. The van der Waals surface area contributed by atoms with Crippen molar-refractivity contribution in [2.75, 3.05) is 49.5 Å². The van der Waals surface area contributed by atoms with Crippen molar-refractivity contribution >= 4 is 34.7 Å². The molecular formula is C28H36N8O4. The van der Waals surface area contributed by atoms with E-state index in [9.17, 15) is 9.59 Å². The van der Waals surface area contributed by atoms with Gasteiger partial charge < -0.3 is 29.9 Å². The van der Waals surface area contributed by atoms with E-state index in [2.05, 4.69) is 15.5 Å². The lowest BCUT2D eigenvalue weighted by Gasteiger charge is -2.33. The summed E-state index contributed by atoms with van der Waals surface area (Å²) in [7, 11) is 0. The topological polar surface area (TPSA) is 127 Å². The number of benzene rings is 1. The molecule has 6 rings (SSSR count). The Balaban J connectivity index is 1.32. The van der Waals surface area contributed by atoms with Gasteiger partial charge in [0.1, 0.15) is 5.82 Å². The average molecular weight is 549 g/mol. The Morgan fingerprint density at radius 3 is 2.42 bits per heavy atom. The molecule has 12 nitrogen and oxygen atoms in total. The zero-order valence-corrected chi connectivity index (χ0v) is 23.0. The minimum absolute atomic E-state index is 0.114. The second kappa shape index (κ2) is 11.3. The lowest BCUT2D eigenvalue weighted by molar-refractivity contribution is 0.0303. The normalized spacial score (nSPS) is 21.1. The second-order valence-corrected chi connectivity index (χ2v) is 10.5. The lowest BCUT2D eigenvalue weighted by atomic mass is 10.1. The number of aromatic nitrogens is 4. The number of nitrogens with zero attached hydrogens (tertiary/aromatic N) is 6. The maximum atomic E-state index is 12.2. The summed E-state index contributed by atoms with van der Waals surface area (Å²) < 4.78 is 13.3. The Bertz CT molecular complexity index is 1360. The van der Waals surface area contributed by atoms with Crippen molar-refractivity contribution in [2.45, 2.75) is 57.8 Å². The molecule has 2 unspecified atom stereocenters. The Labute approximate surface area is 233 Å². The molecule has 40 heavy (non-hydrogen) atoms. The van der Waals surface area contributed by atoms with Gasteiger partial charge in [-0.1, -0.05) is 0 Å². The molecule has 3 fully saturated rings. The molecule has 3 aliphatic rings. The number of hydrogen-bond acceptors (Lipinski definition) is 8. The van der Waals surface area contributed by atoms with Gasteiger partial charge in [0.15, 0.2) is 11.5 Å². The van der Waals surface area contributed by atoms with Gasteiger partial charge in [-0.25, -0.2) is 24.2 Å². The minimum Gasteiger partial charge on any atom is -0.450 e. The van der Waals surface area contributed by atoms with Crippen molar-refractivity contribution in [2.24, 2.45) is 0 Å². The van der Waals surface area contributed by atoms with Gasteiger partial charge in [-0.2, -0.15) is 5.10 Å². The van der Waals surface area contributed by atoms with Crippen molar-refractivity contribution in [3.05, 3.63) is 30.5 Å². The second-order valence-electron chi connectivity index (χ2n) is 10.5. The molecule has 5 heterocycles. The highest BCUT2D eigenvalue weighted by Gasteiger charge is 2.36. The van der Waals surface area contributed by atoms with E-state index in [0.29, 0.717) is 37.8 Å². The van der Waals surface area contributed by atoms with E-state index in [1.165, 1.54) is 0 Å². The van der Waals surface area contributed by atoms with Crippen LogP contribution in [0.5, 0.6) is 0 Å². The zero-order chi connectivity index (χ0) is 27.6. The number of morpholine rings is 1. The monoisotopic (exact) mass is 548 g/mol. The Morgan fingerprint density at radius 1 is 1.02 bits per heavy atom. The van der Waals surface area contributed by atoms with Crippen molar-refractivity contribution in [1.29, 1.82) is 0 Å². The van der Waals surface area contributed by atoms with Gasteiger partial charge >= 0.3 is 12.1 Å². The highest BCUT2D eigenvalue weighted by atomic mass is 16.6. The van der Waals surface area contributed by atoms with Crippen molar-refractivity contribution < 1.29 is 19.1 Å². The number of likely N-dealkylation sites (tertiary alicyclic amines) is 1. The molecule has 2 atom stereocenters. The van der Waals surface area contributed by atoms with Crippen LogP contribution in [0, 0.1) is 0 Å². The van der Waals surface area contributed by atoms with Crippen LogP contribution < -0.4 is 15.5 Å². The number of amides is 3. The quantitative estimate of drug-likeness (QED) is 0.476. The standard InChI is InChI=1S/C28H36N8O4/c1-3-29-27(37)31-19-7-5-18(6-8-19)24-32-25(35-16-21-9-10-22(17-35)40-21)23-15-30-36(26(23)33-24)20-11-13-34(14-12-20)28(38)39-4-2/h5-8,15,20-22H,3-4,9-14,16-17H2,1-2H3,(H2,29,31,37). The van der Waals surface area contributed by atoms with Gasteiger partial charge in [-0.05, 0) is 63.8 Å². The average Bonchev–Trinajstić information content (AvgIpc) is 3.55. The van der Waals surface area contributed by atoms with E-state index in [1.807, 2.05) is 49.0 Å². The molecule has 0 spiro atoms. The summed E-state index contributed by atoms with van der Waals surface area (Å²) in [5.41, 5.74) is 2.34. The third-order valence-electron chi connectivity index (χ3n) is 7.85. The molecule has 0 saturated carbocycles. The number of nitrogens with one attached hydrogen (secondary N) is 2. The zero-order valence-electron chi connectivity index (χ0n) is 23.0. The van der Waals surface area contributed by atoms with Crippen LogP contribution in [-0.2, 0) is 9.47 Å². The number of fused-ring (bicyclic) bond motifs is 3. The predicted octanol–water partition coefficient (Wildman–Crippen LogP) is 3.80. The minimum atomic E-state index is -0.259. The molecule has 3 amide bonds. The first-order valence-electron chi connectivity index (χ1n) is 14.2. The number of piperidine rings is 1. The fourth-order valence-electron chi connectivity index (χ4n) is 5.88. The van der Waals surface area contributed by atoms with Crippen LogP contribution in [0.25, 0.3) is 22.4 Å². The lowest BCUT2D eigenvalue weighted by Crippen LogP contribution is -2.43. The van der Waals surface area contributed by atoms with E-state index < -0.39 is 0 Å². The molecule has 2 aromatic heterocycles. The summed E-state index contributed by atoms with van der Waals surface area (Å²) >= 11 is 0. The Hall–Kier alpha value is -3.93. The number of rotatable bonds is 6. The van der Waals surface area contributed by atoms with E-state index in [4.69, 9.17) is 24.5 Å². The number of anilines is 2. The number of carbonyl (C=O) groups excluding carboxylic acids is 2. The molecule has 2 N–H and O–H groups in total. The highest BCUT2D eigenvalue weighted by Crippen LogP contribution is 2.35. The molecule has 12 heteroatoms. The third kappa shape index (κ3) is 5.27. The number of urea groups is 1. The molecule has 3 saturated heterocycles. The molecule has 212 valence electrons. The summed E-state index contributed by atoms with van der Waals surface area (Å²) in [6.07, 6.45) is 5.73. The molecule has 2 bridgehead atoms. The van der Waals surface area contributed by atoms with Gasteiger partial charge in [-0.15, -0.1) is 0 Å². The van der Waals surface area contributed by atoms with E-state index in [0.717, 1.165) is 61.2 Å². The van der Waals surface area contributed by atoms with Gasteiger partial charge in [0.2, 0.25) is 0 Å². The molecule has 1 aromatic carbocycles. The summed E-state index contributed by atoms with van der Waals surface area (Å²) in [4.78, 5) is 38.3. The Morgan fingerprint density at radius 2 is 1.75 bits per heavy atom. The van der Waals surface area contributed by atoms with E-state index in [1.54, 1.807) is 4.90 Å². The van der Waals surface area contributed by atoms with Crippen LogP contribution in [0.3, 0.4) is 0 Å². The third-order valence-corrected chi connectivity index (χ3v) is 7.85. The van der Waals surface area contributed by atoms with Crippen molar-refractivity contribution in [3.8, 4) is 11.4 Å². The SMILES string of the molecule is CCNC(=O)Nc1ccc(-c2nc(N3CC4CCC(C3)O4)c3cnn(C4CCN(C(=O)OCC)CC4)c3n2)cc1. The first kappa shape index (κ1) is 26.3. The fraction of sp³-hybridized carbons (Fsp3) is 0.536. The van der Waals surface area contributed by atoms with Gasteiger partial charge in [0, 0.05) is 44.0 Å². The largest absolute Gasteiger partial charge is 0.450 e. The number of carbonyl (C=O) groups is 2. The van der Waals surface area contributed by atoms with Crippen LogP contribution in [0.2, 0.25) is 0 Å². The highest BCUT2D eigenvalue weighted by molar-refractivity contribution is 5.90. The van der Waals surface area contributed by atoms with Crippen molar-refractivity contribution in [3.63, 3.8) is 0 Å². The molecular weight excluding hydrogens is 512 g/mol. The summed E-state index contributed by atoms with van der Waals surface area (Å²) in [6.45, 7) is 7.44. The van der Waals surface area contributed by atoms with Crippen LogP contribution in [-0.4, -0.2) is 88.3 Å². The van der Waals surface area contributed by atoms with E-state index >= 15 is 0 Å². The van der Waals surface area contributed by atoms with Crippen LogP contribution in [0.15, 0.2) is 30.5 Å². The molecule has 0 aliphatic carbocycles. The van der Waals surface area contributed by atoms with Gasteiger partial charge in [-0.3, -0.25) is 0 Å². The predicted molar refractivity (Wildman–Crippen MR) is 150 cm³/mol. The van der Waals surface area contributed by atoms with Gasteiger partial charge in [0.25, 0.3) is 0 Å².